The number of urea groups is 1. The molecule has 43 heavy (non-hydrogen) atoms. The smallest absolute Gasteiger partial charge is 0.333 e. The first kappa shape index (κ1) is 32.2. The Kier molecular flexibility index (Phi) is 11.4. The van der Waals surface area contributed by atoms with Crippen molar-refractivity contribution in [2.45, 2.75) is 113 Å². The van der Waals surface area contributed by atoms with E-state index in [0.717, 1.165) is 18.6 Å². The number of nitrogens with zero attached hydrogens (tertiary/aromatic N) is 2. The quantitative estimate of drug-likeness (QED) is 0.125. The number of nitrogens with one attached hydrogen (secondary N) is 3. The molecule has 0 unspecified atom stereocenters. The van der Waals surface area contributed by atoms with E-state index in [1.807, 2.05) is 11.8 Å². The molecule has 4 saturated heterocycles. The van der Waals surface area contributed by atoms with Crippen LogP contribution in [0, 0.1) is 0 Å². The summed E-state index contributed by atoms with van der Waals surface area (Å²) in [5.41, 5.74) is 0. The number of thioether (sulfide) groups is 1. The van der Waals surface area contributed by atoms with Crippen molar-refractivity contribution in [2.75, 3.05) is 5.75 Å². The number of carbonyl (C=O) groups is 8. The fraction of sp³-hybridized carbons (Fsp3) is 0.704. The minimum absolute atomic E-state index is 0.00288. The van der Waals surface area contributed by atoms with E-state index in [1.165, 1.54) is 0 Å². The zero-order valence-corrected chi connectivity index (χ0v) is 24.6. The number of rotatable bonds is 16. The summed E-state index contributed by atoms with van der Waals surface area (Å²) in [6, 6.07) is -0.265. The molecule has 0 aromatic carbocycles. The van der Waals surface area contributed by atoms with E-state index in [9.17, 15) is 38.4 Å². The van der Waals surface area contributed by atoms with Crippen molar-refractivity contribution in [3.05, 3.63) is 0 Å². The maximum Gasteiger partial charge on any atom is 0.333 e. The van der Waals surface area contributed by atoms with E-state index in [-0.39, 0.29) is 75.0 Å². The Morgan fingerprint density at radius 2 is 1.30 bits per heavy atom. The molecule has 4 heterocycles. The molecule has 7 amide bonds. The number of hydrogen-bond donors (Lipinski definition) is 3. The third kappa shape index (κ3) is 9.15. The van der Waals surface area contributed by atoms with Crippen LogP contribution in [0.25, 0.3) is 0 Å². The molecule has 16 heteroatoms. The van der Waals surface area contributed by atoms with Crippen molar-refractivity contribution in [1.29, 1.82) is 0 Å². The molecule has 3 N–H and O–H groups in total. The maximum atomic E-state index is 12.7. The van der Waals surface area contributed by atoms with Crippen molar-refractivity contribution in [1.82, 2.24) is 26.1 Å². The molecule has 236 valence electrons. The number of imide groups is 2. The van der Waals surface area contributed by atoms with Gasteiger partial charge in [0.25, 0.3) is 23.6 Å². The summed E-state index contributed by atoms with van der Waals surface area (Å²) in [5, 5.41) is 10.1. The third-order valence-corrected chi connectivity index (χ3v) is 9.22. The Hall–Kier alpha value is -3.69. The van der Waals surface area contributed by atoms with Crippen LogP contribution in [0.2, 0.25) is 0 Å². The lowest BCUT2D eigenvalue weighted by atomic mass is 10.0. The lowest BCUT2D eigenvalue weighted by Gasteiger charge is -2.20. The fourth-order valence-electron chi connectivity index (χ4n) is 5.46. The van der Waals surface area contributed by atoms with Gasteiger partial charge in [0.05, 0.1) is 12.1 Å². The van der Waals surface area contributed by atoms with Crippen LogP contribution in [0.4, 0.5) is 4.79 Å². The molecule has 0 bridgehead atoms. The molecule has 4 aliphatic rings. The number of unbranched alkanes of at least 4 members (excludes halogenated alkanes) is 1. The molecule has 0 spiro atoms. The van der Waals surface area contributed by atoms with Crippen LogP contribution in [0.15, 0.2) is 0 Å². The molecule has 3 atom stereocenters. The summed E-state index contributed by atoms with van der Waals surface area (Å²) in [4.78, 5) is 105. The average molecular weight is 624 g/mol. The monoisotopic (exact) mass is 623 g/mol. The summed E-state index contributed by atoms with van der Waals surface area (Å²) in [6.45, 7) is 0. The van der Waals surface area contributed by atoms with E-state index in [0.29, 0.717) is 47.5 Å². The fourth-order valence-corrected chi connectivity index (χ4v) is 7.00. The zero-order chi connectivity index (χ0) is 30.9. The van der Waals surface area contributed by atoms with Gasteiger partial charge >= 0.3 is 18.0 Å². The highest BCUT2D eigenvalue weighted by Gasteiger charge is 2.42. The highest BCUT2D eigenvalue weighted by atomic mass is 32.2. The Morgan fingerprint density at radius 1 is 0.767 bits per heavy atom. The Balaban J connectivity index is 1.19. The summed E-state index contributed by atoms with van der Waals surface area (Å²) in [5.74, 6) is -3.05. The molecular weight excluding hydrogens is 586 g/mol. The standard InChI is InChI=1S/C27H37N5O10S/c33-19(8-2-1-7-18-26-17(15-43-18)29-27(40)30-26)28-16(5-3-9-24(38)41-31-20(34)11-12-21(31)35)6-4-10-25(39)42-32-22(36)13-14-23(32)37/h16-18,26H,1-15H2,(H,28,33)(H2,29,30,40)/t17-,18-,26-/m0/s1. The van der Waals surface area contributed by atoms with Gasteiger partial charge in [-0.2, -0.15) is 11.8 Å². The molecule has 4 rings (SSSR count). The third-order valence-electron chi connectivity index (χ3n) is 7.71. The SMILES string of the molecule is O=C(CCCC[C@@H]1SC[C@@H]2NC(=O)N[C@@H]21)NC(CCCC(=O)ON1C(=O)CCC1=O)CCCC(=O)ON1C(=O)CCC1=O. The summed E-state index contributed by atoms with van der Waals surface area (Å²) >= 11 is 1.81. The predicted octanol–water partition coefficient (Wildman–Crippen LogP) is 0.752. The second-order valence-corrected chi connectivity index (χ2v) is 12.3. The number of carbonyl (C=O) groups excluding carboxylic acids is 8. The lowest BCUT2D eigenvalue weighted by Crippen LogP contribution is -2.37. The second-order valence-electron chi connectivity index (χ2n) is 11.0. The van der Waals surface area contributed by atoms with Gasteiger partial charge in [0.2, 0.25) is 5.91 Å². The number of hydroxylamine groups is 4. The highest BCUT2D eigenvalue weighted by molar-refractivity contribution is 8.00. The van der Waals surface area contributed by atoms with Crippen LogP contribution in [-0.4, -0.2) is 86.8 Å². The van der Waals surface area contributed by atoms with E-state index < -0.39 is 35.6 Å². The molecule has 0 saturated carbocycles. The van der Waals surface area contributed by atoms with Gasteiger partial charge in [-0.3, -0.25) is 24.0 Å². The number of fused-ring (bicyclic) bond motifs is 1. The summed E-state index contributed by atoms with van der Waals surface area (Å²) < 4.78 is 0. The minimum Gasteiger partial charge on any atom is -0.353 e. The maximum absolute atomic E-state index is 12.7. The Morgan fingerprint density at radius 3 is 1.84 bits per heavy atom. The van der Waals surface area contributed by atoms with Gasteiger partial charge in [-0.25, -0.2) is 14.4 Å². The molecule has 4 fully saturated rings. The average Bonchev–Trinajstić information content (AvgIpc) is 3.69. The van der Waals surface area contributed by atoms with Crippen LogP contribution >= 0.6 is 11.8 Å². The number of hydrogen-bond acceptors (Lipinski definition) is 11. The van der Waals surface area contributed by atoms with Crippen LogP contribution in [0.1, 0.15) is 89.9 Å². The Labute approximate surface area is 252 Å². The van der Waals surface area contributed by atoms with E-state index in [1.54, 1.807) is 0 Å². The normalized spacial score (nSPS) is 23.1. The number of amides is 7. The van der Waals surface area contributed by atoms with Crippen molar-refractivity contribution in [2.24, 2.45) is 0 Å². The largest absolute Gasteiger partial charge is 0.353 e. The van der Waals surface area contributed by atoms with Crippen LogP contribution in [0.5, 0.6) is 0 Å². The first-order valence-corrected chi connectivity index (χ1v) is 15.8. The van der Waals surface area contributed by atoms with Crippen molar-refractivity contribution in [3.8, 4) is 0 Å². The first-order valence-electron chi connectivity index (χ1n) is 14.7. The molecule has 0 aromatic heterocycles. The molecule has 0 aromatic rings. The van der Waals surface area contributed by atoms with Gasteiger partial charge < -0.3 is 25.6 Å². The first-order chi connectivity index (χ1) is 20.6. The topological polar surface area (TPSA) is 198 Å². The highest BCUT2D eigenvalue weighted by Crippen LogP contribution is 2.33. The molecule has 4 aliphatic heterocycles. The van der Waals surface area contributed by atoms with Crippen molar-refractivity contribution >= 4 is 59.3 Å². The molecular formula is C27H37N5O10S. The van der Waals surface area contributed by atoms with E-state index in [4.69, 9.17) is 9.68 Å². The van der Waals surface area contributed by atoms with Crippen LogP contribution < -0.4 is 16.0 Å². The van der Waals surface area contributed by atoms with Gasteiger partial charge in [-0.15, -0.1) is 10.1 Å². The van der Waals surface area contributed by atoms with Gasteiger partial charge in [0.15, 0.2) is 0 Å². The van der Waals surface area contributed by atoms with Crippen LogP contribution in [0.3, 0.4) is 0 Å². The van der Waals surface area contributed by atoms with Gasteiger partial charge in [0.1, 0.15) is 0 Å². The zero-order valence-electron chi connectivity index (χ0n) is 23.8. The molecule has 15 nitrogen and oxygen atoms in total. The van der Waals surface area contributed by atoms with Gasteiger partial charge in [-0.05, 0) is 38.5 Å². The predicted molar refractivity (Wildman–Crippen MR) is 148 cm³/mol. The summed E-state index contributed by atoms with van der Waals surface area (Å²) in [6.07, 6.45) is 3.78. The van der Waals surface area contributed by atoms with Crippen molar-refractivity contribution in [3.63, 3.8) is 0 Å². The van der Waals surface area contributed by atoms with E-state index >= 15 is 0 Å². The van der Waals surface area contributed by atoms with Gasteiger partial charge in [-0.1, -0.05) is 6.42 Å². The van der Waals surface area contributed by atoms with Crippen molar-refractivity contribution < 1.29 is 48.0 Å². The minimum atomic E-state index is -0.738. The Bertz CT molecular complexity index is 1060. The van der Waals surface area contributed by atoms with Crippen LogP contribution in [-0.2, 0) is 43.2 Å². The van der Waals surface area contributed by atoms with Gasteiger partial charge in [0, 0.05) is 62.0 Å². The summed E-state index contributed by atoms with van der Waals surface area (Å²) in [7, 11) is 0. The molecule has 0 radical (unpaired) electrons. The molecule has 0 aliphatic carbocycles. The second kappa shape index (κ2) is 15.2. The lowest BCUT2D eigenvalue weighted by molar-refractivity contribution is -0.197. The van der Waals surface area contributed by atoms with E-state index in [2.05, 4.69) is 16.0 Å².